The molecule has 0 aliphatic carbocycles. The lowest BCUT2D eigenvalue weighted by Crippen LogP contribution is -2.01. The van der Waals surface area contributed by atoms with Crippen LogP contribution in [0.4, 0.5) is 5.69 Å². The van der Waals surface area contributed by atoms with Gasteiger partial charge in [-0.05, 0) is 41.1 Å². The number of rotatable bonds is 4. The van der Waals surface area contributed by atoms with Crippen LogP contribution in [0.3, 0.4) is 0 Å². The van der Waals surface area contributed by atoms with Crippen LogP contribution >= 0.6 is 15.9 Å². The summed E-state index contributed by atoms with van der Waals surface area (Å²) in [6, 6.07) is 5.41. The zero-order valence-corrected chi connectivity index (χ0v) is 12.2. The second-order valence-electron chi connectivity index (χ2n) is 3.87. The number of ether oxygens (including phenoxy) is 1. The largest absolute Gasteiger partial charge is 0.465 e. The number of aromatic nitrogens is 1. The molecule has 2 aromatic heterocycles. The Morgan fingerprint density at radius 1 is 1.58 bits per heavy atom. The lowest BCUT2D eigenvalue weighted by atomic mass is 10.2. The number of pyridine rings is 1. The van der Waals surface area contributed by atoms with Crippen molar-refractivity contribution >= 4 is 27.6 Å². The fourth-order valence-electron chi connectivity index (χ4n) is 1.64. The second kappa shape index (κ2) is 5.88. The minimum atomic E-state index is -0.393. The number of nitrogens with one attached hydrogen (secondary N) is 1. The van der Waals surface area contributed by atoms with Crippen molar-refractivity contribution < 1.29 is 13.9 Å². The van der Waals surface area contributed by atoms with Crippen molar-refractivity contribution in [3.8, 4) is 0 Å². The number of anilines is 1. The maximum atomic E-state index is 11.5. The van der Waals surface area contributed by atoms with Gasteiger partial charge in [-0.15, -0.1) is 0 Å². The zero-order valence-electron chi connectivity index (χ0n) is 10.6. The second-order valence-corrected chi connectivity index (χ2v) is 4.62. The van der Waals surface area contributed by atoms with Crippen LogP contribution in [0.5, 0.6) is 0 Å². The highest BCUT2D eigenvalue weighted by Crippen LogP contribution is 2.21. The van der Waals surface area contributed by atoms with Gasteiger partial charge in [-0.2, -0.15) is 0 Å². The Labute approximate surface area is 119 Å². The highest BCUT2D eigenvalue weighted by molar-refractivity contribution is 9.10. The van der Waals surface area contributed by atoms with Crippen LogP contribution < -0.4 is 5.32 Å². The molecule has 0 unspecified atom stereocenters. The monoisotopic (exact) mass is 324 g/mol. The average Bonchev–Trinajstić information content (AvgIpc) is 2.78. The van der Waals surface area contributed by atoms with Crippen molar-refractivity contribution in [1.82, 2.24) is 4.98 Å². The molecule has 5 nitrogen and oxygen atoms in total. The van der Waals surface area contributed by atoms with Crippen LogP contribution in [-0.4, -0.2) is 18.1 Å². The third-order valence-corrected chi connectivity index (χ3v) is 3.22. The standard InChI is InChI=1S/C13H13BrN2O3/c1-8-10(13(17)18-2)6-9(19-8)7-16-11-4-3-5-15-12(11)14/h3-6,16H,7H2,1-2H3. The van der Waals surface area contributed by atoms with Crippen LogP contribution in [0.1, 0.15) is 21.9 Å². The van der Waals surface area contributed by atoms with Gasteiger partial charge >= 0.3 is 5.97 Å². The molecule has 1 N–H and O–H groups in total. The van der Waals surface area contributed by atoms with Gasteiger partial charge in [-0.3, -0.25) is 0 Å². The van der Waals surface area contributed by atoms with E-state index in [9.17, 15) is 4.79 Å². The molecule has 19 heavy (non-hydrogen) atoms. The van der Waals surface area contributed by atoms with Gasteiger partial charge in [0.25, 0.3) is 0 Å². The molecule has 0 atom stereocenters. The van der Waals surface area contributed by atoms with E-state index in [0.29, 0.717) is 23.6 Å². The summed E-state index contributed by atoms with van der Waals surface area (Å²) in [6.45, 7) is 2.19. The van der Waals surface area contributed by atoms with E-state index >= 15 is 0 Å². The first-order chi connectivity index (χ1) is 9.11. The van der Waals surface area contributed by atoms with Gasteiger partial charge in [-0.25, -0.2) is 9.78 Å². The van der Waals surface area contributed by atoms with Gasteiger partial charge in [0.2, 0.25) is 0 Å². The SMILES string of the molecule is COC(=O)c1cc(CNc2cccnc2Br)oc1C. The van der Waals surface area contributed by atoms with Crippen molar-refractivity contribution in [3.05, 3.63) is 46.1 Å². The van der Waals surface area contributed by atoms with Crippen LogP contribution in [0.2, 0.25) is 0 Å². The lowest BCUT2D eigenvalue weighted by Gasteiger charge is -2.05. The normalized spacial score (nSPS) is 10.3. The van der Waals surface area contributed by atoms with Gasteiger partial charge in [0, 0.05) is 6.20 Å². The molecule has 0 saturated carbocycles. The summed E-state index contributed by atoms with van der Waals surface area (Å²) in [5, 5.41) is 3.17. The Morgan fingerprint density at radius 2 is 2.37 bits per heavy atom. The topological polar surface area (TPSA) is 64.4 Å². The van der Waals surface area contributed by atoms with E-state index in [1.165, 1.54) is 7.11 Å². The number of halogens is 1. The summed E-state index contributed by atoms with van der Waals surface area (Å²) < 4.78 is 10.9. The number of furan rings is 1. The average molecular weight is 325 g/mol. The van der Waals surface area contributed by atoms with E-state index in [1.54, 1.807) is 19.2 Å². The van der Waals surface area contributed by atoms with Gasteiger partial charge in [0.1, 0.15) is 21.7 Å². The van der Waals surface area contributed by atoms with E-state index in [2.05, 4.69) is 31.0 Å². The molecule has 0 saturated heterocycles. The van der Waals surface area contributed by atoms with Gasteiger partial charge in [0.15, 0.2) is 0 Å². The van der Waals surface area contributed by atoms with E-state index in [-0.39, 0.29) is 0 Å². The molecule has 0 spiro atoms. The molecule has 6 heteroatoms. The smallest absolute Gasteiger partial charge is 0.341 e. The third kappa shape index (κ3) is 3.14. The Bertz CT molecular complexity index is 595. The molecule has 0 bridgehead atoms. The molecular formula is C13H13BrN2O3. The molecule has 0 amide bonds. The van der Waals surface area contributed by atoms with E-state index in [0.717, 1.165) is 10.3 Å². The summed E-state index contributed by atoms with van der Waals surface area (Å²) >= 11 is 3.35. The summed E-state index contributed by atoms with van der Waals surface area (Å²) in [4.78, 5) is 15.6. The Kier molecular flexibility index (Phi) is 4.21. The predicted octanol–water partition coefficient (Wildman–Crippen LogP) is 3.14. The first-order valence-electron chi connectivity index (χ1n) is 5.64. The highest BCUT2D eigenvalue weighted by atomic mass is 79.9. The van der Waals surface area contributed by atoms with Crippen LogP contribution in [-0.2, 0) is 11.3 Å². The van der Waals surface area contributed by atoms with E-state index in [1.807, 2.05) is 12.1 Å². The number of hydrogen-bond donors (Lipinski definition) is 1. The molecule has 0 aliphatic heterocycles. The Morgan fingerprint density at radius 3 is 3.05 bits per heavy atom. The summed E-state index contributed by atoms with van der Waals surface area (Å²) in [5.41, 5.74) is 1.31. The number of nitrogens with zero attached hydrogens (tertiary/aromatic N) is 1. The van der Waals surface area contributed by atoms with Crippen LogP contribution in [0.15, 0.2) is 33.4 Å². The molecule has 2 heterocycles. The molecule has 0 fully saturated rings. The maximum Gasteiger partial charge on any atom is 0.341 e. The number of methoxy groups -OCH3 is 1. The Hall–Kier alpha value is -1.82. The van der Waals surface area contributed by atoms with Crippen molar-refractivity contribution in [3.63, 3.8) is 0 Å². The fraction of sp³-hybridized carbons (Fsp3) is 0.231. The number of esters is 1. The minimum Gasteiger partial charge on any atom is -0.465 e. The summed E-state index contributed by atoms with van der Waals surface area (Å²) in [5.74, 6) is 0.817. The summed E-state index contributed by atoms with van der Waals surface area (Å²) in [6.07, 6.45) is 1.70. The van der Waals surface area contributed by atoms with E-state index in [4.69, 9.17) is 4.42 Å². The molecule has 2 aromatic rings. The predicted molar refractivity (Wildman–Crippen MR) is 74.0 cm³/mol. The van der Waals surface area contributed by atoms with Crippen LogP contribution in [0.25, 0.3) is 0 Å². The Balaban J connectivity index is 2.09. The molecule has 0 aliphatic rings. The van der Waals surface area contributed by atoms with Crippen LogP contribution in [0, 0.1) is 6.92 Å². The summed E-state index contributed by atoms with van der Waals surface area (Å²) in [7, 11) is 1.35. The third-order valence-electron chi connectivity index (χ3n) is 2.59. The van der Waals surface area contributed by atoms with Gasteiger partial charge in [-0.1, -0.05) is 0 Å². The van der Waals surface area contributed by atoms with Crippen molar-refractivity contribution in [1.29, 1.82) is 0 Å². The van der Waals surface area contributed by atoms with Gasteiger partial charge in [0.05, 0.1) is 19.3 Å². The fourth-order valence-corrected chi connectivity index (χ4v) is 2.03. The molecule has 0 radical (unpaired) electrons. The zero-order chi connectivity index (χ0) is 13.8. The highest BCUT2D eigenvalue weighted by Gasteiger charge is 2.15. The number of carbonyl (C=O) groups excluding carboxylic acids is 1. The van der Waals surface area contributed by atoms with E-state index < -0.39 is 5.97 Å². The molecule has 0 aromatic carbocycles. The number of aryl methyl sites for hydroxylation is 1. The first-order valence-corrected chi connectivity index (χ1v) is 6.43. The lowest BCUT2D eigenvalue weighted by molar-refractivity contribution is 0.0599. The minimum absolute atomic E-state index is 0.393. The van der Waals surface area contributed by atoms with Crippen molar-refractivity contribution in [2.75, 3.05) is 12.4 Å². The molecule has 100 valence electrons. The maximum absolute atomic E-state index is 11.5. The number of hydrogen-bond acceptors (Lipinski definition) is 5. The molecule has 2 rings (SSSR count). The van der Waals surface area contributed by atoms with Gasteiger partial charge < -0.3 is 14.5 Å². The van der Waals surface area contributed by atoms with Crippen molar-refractivity contribution in [2.24, 2.45) is 0 Å². The molecular weight excluding hydrogens is 312 g/mol. The van der Waals surface area contributed by atoms with Crippen molar-refractivity contribution in [2.45, 2.75) is 13.5 Å². The number of carbonyl (C=O) groups is 1. The quantitative estimate of drug-likeness (QED) is 0.691. The first kappa shape index (κ1) is 13.6.